The van der Waals surface area contributed by atoms with Crippen molar-refractivity contribution in [1.82, 2.24) is 19.5 Å². The molecule has 3 aromatic rings. The molecule has 0 spiro atoms. The molecular formula is C21H22F3N5O2. The molecule has 0 atom stereocenters. The zero-order valence-electron chi connectivity index (χ0n) is 17.0. The zero-order valence-corrected chi connectivity index (χ0v) is 17.0. The van der Waals surface area contributed by atoms with Crippen LogP contribution in [0, 0.1) is 0 Å². The van der Waals surface area contributed by atoms with Gasteiger partial charge >= 0.3 is 6.18 Å². The first kappa shape index (κ1) is 21.0. The van der Waals surface area contributed by atoms with Crippen LogP contribution in [0.25, 0.3) is 5.65 Å². The Labute approximate surface area is 177 Å². The van der Waals surface area contributed by atoms with Gasteiger partial charge in [-0.05, 0) is 36.2 Å². The van der Waals surface area contributed by atoms with Crippen LogP contribution in [0.4, 0.5) is 19.1 Å². The number of methoxy groups -OCH3 is 1. The van der Waals surface area contributed by atoms with E-state index < -0.39 is 11.7 Å². The number of carbonyl (C=O) groups excluding carboxylic acids is 1. The van der Waals surface area contributed by atoms with Crippen molar-refractivity contribution in [3.63, 3.8) is 0 Å². The number of pyridine rings is 1. The number of anilines is 1. The van der Waals surface area contributed by atoms with E-state index in [0.29, 0.717) is 50.6 Å². The topological polar surface area (TPSA) is 63.0 Å². The van der Waals surface area contributed by atoms with Crippen LogP contribution >= 0.6 is 0 Å². The molecule has 0 saturated carbocycles. The van der Waals surface area contributed by atoms with E-state index in [0.717, 1.165) is 23.6 Å². The number of benzene rings is 1. The minimum Gasteiger partial charge on any atom is -0.497 e. The van der Waals surface area contributed by atoms with E-state index in [4.69, 9.17) is 4.74 Å². The zero-order chi connectivity index (χ0) is 22.0. The fourth-order valence-electron chi connectivity index (χ4n) is 3.62. The molecule has 0 radical (unpaired) electrons. The highest BCUT2D eigenvalue weighted by Crippen LogP contribution is 2.30. The van der Waals surface area contributed by atoms with Gasteiger partial charge in [0.05, 0.1) is 12.7 Å². The van der Waals surface area contributed by atoms with Gasteiger partial charge in [0.25, 0.3) is 0 Å². The van der Waals surface area contributed by atoms with Crippen LogP contribution in [-0.4, -0.2) is 58.7 Å². The summed E-state index contributed by atoms with van der Waals surface area (Å²) in [4.78, 5) is 16.2. The summed E-state index contributed by atoms with van der Waals surface area (Å²) in [6.45, 7) is 1.92. The van der Waals surface area contributed by atoms with Gasteiger partial charge in [0, 0.05) is 38.8 Å². The highest BCUT2D eigenvalue weighted by molar-refractivity contribution is 5.76. The number of aryl methyl sites for hydroxylation is 1. The summed E-state index contributed by atoms with van der Waals surface area (Å²) in [6, 6.07) is 9.91. The molecule has 31 heavy (non-hydrogen) atoms. The lowest BCUT2D eigenvalue weighted by molar-refractivity contribution is -0.138. The monoisotopic (exact) mass is 433 g/mol. The van der Waals surface area contributed by atoms with E-state index in [2.05, 4.69) is 10.2 Å². The molecular weight excluding hydrogens is 411 g/mol. The van der Waals surface area contributed by atoms with Gasteiger partial charge in [-0.3, -0.25) is 9.20 Å². The second kappa shape index (κ2) is 8.44. The molecule has 0 unspecified atom stereocenters. The molecule has 10 heteroatoms. The van der Waals surface area contributed by atoms with Crippen LogP contribution in [-0.2, 0) is 17.4 Å². The van der Waals surface area contributed by atoms with Gasteiger partial charge in [0.1, 0.15) is 5.75 Å². The molecule has 1 fully saturated rings. The predicted molar refractivity (Wildman–Crippen MR) is 108 cm³/mol. The first-order valence-electron chi connectivity index (χ1n) is 9.93. The lowest BCUT2D eigenvalue weighted by Gasteiger charge is -2.34. The fourth-order valence-corrected chi connectivity index (χ4v) is 3.62. The summed E-state index contributed by atoms with van der Waals surface area (Å²) in [5.74, 6) is 1.18. The number of piperazine rings is 1. The van der Waals surface area contributed by atoms with Gasteiger partial charge in [-0.2, -0.15) is 13.2 Å². The second-order valence-corrected chi connectivity index (χ2v) is 7.36. The maximum atomic E-state index is 13.1. The Morgan fingerprint density at radius 2 is 1.74 bits per heavy atom. The predicted octanol–water partition coefficient (Wildman–Crippen LogP) is 3.04. The fraction of sp³-hybridized carbons (Fsp3) is 0.381. The second-order valence-electron chi connectivity index (χ2n) is 7.36. The average molecular weight is 433 g/mol. The number of rotatable bonds is 5. The van der Waals surface area contributed by atoms with E-state index in [9.17, 15) is 18.0 Å². The smallest absolute Gasteiger partial charge is 0.417 e. The third-order valence-corrected chi connectivity index (χ3v) is 5.41. The van der Waals surface area contributed by atoms with Crippen LogP contribution in [0.15, 0.2) is 42.6 Å². The van der Waals surface area contributed by atoms with Crippen LogP contribution in [0.5, 0.6) is 5.75 Å². The molecule has 0 bridgehead atoms. The van der Waals surface area contributed by atoms with Crippen LogP contribution < -0.4 is 9.64 Å². The first-order valence-corrected chi connectivity index (χ1v) is 9.93. The molecule has 1 aromatic carbocycles. The summed E-state index contributed by atoms with van der Waals surface area (Å²) in [5.41, 5.74) is 0.651. The number of aromatic nitrogens is 3. The minimum atomic E-state index is -4.44. The lowest BCUT2D eigenvalue weighted by atomic mass is 10.1. The highest BCUT2D eigenvalue weighted by atomic mass is 19.4. The molecule has 7 nitrogen and oxygen atoms in total. The van der Waals surface area contributed by atoms with Crippen molar-refractivity contribution in [2.75, 3.05) is 38.2 Å². The Morgan fingerprint density at radius 3 is 2.39 bits per heavy atom. The Morgan fingerprint density at radius 1 is 1.03 bits per heavy atom. The van der Waals surface area contributed by atoms with Gasteiger partial charge in [0.2, 0.25) is 11.9 Å². The Kier molecular flexibility index (Phi) is 5.71. The molecule has 3 heterocycles. The van der Waals surface area contributed by atoms with Crippen molar-refractivity contribution >= 4 is 17.5 Å². The van der Waals surface area contributed by atoms with Gasteiger partial charge < -0.3 is 14.5 Å². The van der Waals surface area contributed by atoms with Crippen LogP contribution in [0.3, 0.4) is 0 Å². The number of ether oxygens (including phenoxy) is 1. The van der Waals surface area contributed by atoms with Gasteiger partial charge in [-0.1, -0.05) is 12.1 Å². The SMILES string of the molecule is COc1ccc(CCC(=O)N2CCN(c3nnc4ccc(C(F)(F)F)cn34)CC2)cc1. The van der Waals surface area contributed by atoms with Crippen molar-refractivity contribution in [1.29, 1.82) is 0 Å². The Bertz CT molecular complexity index is 1060. The van der Waals surface area contributed by atoms with E-state index in [1.807, 2.05) is 29.2 Å². The summed E-state index contributed by atoms with van der Waals surface area (Å²) in [6.07, 6.45) is -2.39. The van der Waals surface area contributed by atoms with Crippen molar-refractivity contribution in [3.05, 3.63) is 53.7 Å². The molecule has 1 saturated heterocycles. The Hall–Kier alpha value is -3.30. The summed E-state index contributed by atoms with van der Waals surface area (Å²) < 4.78 is 45.6. The van der Waals surface area contributed by atoms with Crippen LogP contribution in [0.2, 0.25) is 0 Å². The average Bonchev–Trinajstić information content (AvgIpc) is 3.20. The lowest BCUT2D eigenvalue weighted by Crippen LogP contribution is -2.49. The first-order chi connectivity index (χ1) is 14.8. The molecule has 164 valence electrons. The third kappa shape index (κ3) is 4.57. The van der Waals surface area contributed by atoms with Gasteiger partial charge in [-0.15, -0.1) is 10.2 Å². The molecule has 1 amide bonds. The number of fused-ring (bicyclic) bond motifs is 1. The number of carbonyl (C=O) groups is 1. The molecule has 0 N–H and O–H groups in total. The summed E-state index contributed by atoms with van der Waals surface area (Å²) in [7, 11) is 1.61. The van der Waals surface area contributed by atoms with E-state index in [1.165, 1.54) is 10.5 Å². The Balaban J connectivity index is 1.36. The quantitative estimate of drug-likeness (QED) is 0.619. The van der Waals surface area contributed by atoms with Crippen molar-refractivity contribution in [2.24, 2.45) is 0 Å². The van der Waals surface area contributed by atoms with Crippen molar-refractivity contribution in [3.8, 4) is 5.75 Å². The van der Waals surface area contributed by atoms with E-state index in [1.54, 1.807) is 12.0 Å². The van der Waals surface area contributed by atoms with E-state index >= 15 is 0 Å². The van der Waals surface area contributed by atoms with Crippen molar-refractivity contribution < 1.29 is 22.7 Å². The van der Waals surface area contributed by atoms with Gasteiger partial charge in [0.15, 0.2) is 5.65 Å². The molecule has 1 aliphatic heterocycles. The van der Waals surface area contributed by atoms with Gasteiger partial charge in [-0.25, -0.2) is 0 Å². The minimum absolute atomic E-state index is 0.0564. The number of nitrogens with zero attached hydrogens (tertiary/aromatic N) is 5. The molecule has 0 aliphatic carbocycles. The summed E-state index contributed by atoms with van der Waals surface area (Å²) in [5, 5.41) is 8.02. The maximum absolute atomic E-state index is 13.1. The molecule has 1 aliphatic rings. The largest absolute Gasteiger partial charge is 0.497 e. The number of hydrogen-bond acceptors (Lipinski definition) is 5. The molecule has 2 aromatic heterocycles. The number of halogens is 3. The molecule has 4 rings (SSSR count). The highest BCUT2D eigenvalue weighted by Gasteiger charge is 2.32. The summed E-state index contributed by atoms with van der Waals surface area (Å²) >= 11 is 0. The number of amides is 1. The van der Waals surface area contributed by atoms with E-state index in [-0.39, 0.29) is 5.91 Å². The standard InChI is InChI=1S/C21H22F3N5O2/c1-31-17-6-2-15(3-7-17)4-9-19(30)27-10-12-28(13-11-27)20-26-25-18-8-5-16(14-29(18)20)21(22,23)24/h2-3,5-8,14H,4,9-13H2,1H3. The normalized spacial score (nSPS) is 14.8. The number of alkyl halides is 3. The number of hydrogen-bond donors (Lipinski definition) is 0. The van der Waals surface area contributed by atoms with Crippen molar-refractivity contribution in [2.45, 2.75) is 19.0 Å². The maximum Gasteiger partial charge on any atom is 0.417 e. The van der Waals surface area contributed by atoms with Crippen LogP contribution in [0.1, 0.15) is 17.5 Å². The third-order valence-electron chi connectivity index (χ3n) is 5.41.